The van der Waals surface area contributed by atoms with Crippen LogP contribution in [0, 0.1) is 16.0 Å². The van der Waals surface area contributed by atoms with Crippen LogP contribution in [0.2, 0.25) is 0 Å². The van der Waals surface area contributed by atoms with Crippen molar-refractivity contribution in [3.8, 4) is 0 Å². The highest BCUT2D eigenvalue weighted by Crippen LogP contribution is 2.26. The number of amides is 1. The molecule has 0 bridgehead atoms. The van der Waals surface area contributed by atoms with E-state index < -0.39 is 4.92 Å². The normalized spacial score (nSPS) is 20.6. The van der Waals surface area contributed by atoms with Crippen LogP contribution in [0.25, 0.3) is 0 Å². The molecule has 1 heterocycles. The van der Waals surface area contributed by atoms with Crippen molar-refractivity contribution >= 4 is 24.0 Å². The van der Waals surface area contributed by atoms with E-state index in [2.05, 4.69) is 0 Å². The van der Waals surface area contributed by atoms with Crippen LogP contribution >= 0.6 is 12.4 Å². The van der Waals surface area contributed by atoms with Gasteiger partial charge in [-0.05, 0) is 38.3 Å². The van der Waals surface area contributed by atoms with Gasteiger partial charge in [0.2, 0.25) is 0 Å². The van der Waals surface area contributed by atoms with Crippen LogP contribution < -0.4 is 5.73 Å². The molecular weight excluding hydrogens is 306 g/mol. The molecule has 1 aliphatic heterocycles. The van der Waals surface area contributed by atoms with Gasteiger partial charge in [0.1, 0.15) is 0 Å². The van der Waals surface area contributed by atoms with Crippen molar-refractivity contribution in [1.29, 1.82) is 0 Å². The zero-order valence-electron chi connectivity index (χ0n) is 12.8. The number of nitrogens with two attached hydrogens (primary N) is 1. The third-order valence-electron chi connectivity index (χ3n) is 4.17. The smallest absolute Gasteiger partial charge is 0.273 e. The second kappa shape index (κ2) is 7.56. The molecule has 1 amide bonds. The van der Waals surface area contributed by atoms with Gasteiger partial charge in [-0.1, -0.05) is 13.0 Å². The lowest BCUT2D eigenvalue weighted by atomic mass is 10.1. The van der Waals surface area contributed by atoms with Crippen molar-refractivity contribution in [2.75, 3.05) is 13.1 Å². The van der Waals surface area contributed by atoms with Gasteiger partial charge in [0.15, 0.2) is 0 Å². The monoisotopic (exact) mass is 327 g/mol. The number of likely N-dealkylation sites (tertiary alicyclic amines) is 1. The van der Waals surface area contributed by atoms with Crippen molar-refractivity contribution in [3.63, 3.8) is 0 Å². The Hall–Kier alpha value is -1.66. The van der Waals surface area contributed by atoms with Gasteiger partial charge in [-0.15, -0.1) is 12.4 Å². The summed E-state index contributed by atoms with van der Waals surface area (Å²) < 4.78 is 0. The molecule has 1 aromatic carbocycles. The molecule has 1 aliphatic rings. The van der Waals surface area contributed by atoms with Crippen LogP contribution in [0.4, 0.5) is 5.69 Å². The zero-order chi connectivity index (χ0) is 15.6. The Kier molecular flexibility index (Phi) is 6.32. The molecule has 0 radical (unpaired) electrons. The molecule has 1 aromatic rings. The quantitative estimate of drug-likeness (QED) is 0.679. The Morgan fingerprint density at radius 3 is 2.68 bits per heavy atom. The zero-order valence-corrected chi connectivity index (χ0v) is 13.6. The van der Waals surface area contributed by atoms with Crippen molar-refractivity contribution in [3.05, 3.63) is 39.4 Å². The number of carbonyl (C=O) groups is 1. The van der Waals surface area contributed by atoms with E-state index in [-0.39, 0.29) is 30.0 Å². The molecule has 22 heavy (non-hydrogen) atoms. The molecule has 0 saturated carbocycles. The number of halogens is 1. The van der Waals surface area contributed by atoms with Crippen molar-refractivity contribution in [1.82, 2.24) is 4.90 Å². The minimum Gasteiger partial charge on any atom is -0.336 e. The number of benzene rings is 1. The lowest BCUT2D eigenvalue weighted by Gasteiger charge is -2.21. The summed E-state index contributed by atoms with van der Waals surface area (Å²) in [4.78, 5) is 25.0. The van der Waals surface area contributed by atoms with Crippen molar-refractivity contribution < 1.29 is 9.72 Å². The fourth-order valence-corrected chi connectivity index (χ4v) is 2.93. The van der Waals surface area contributed by atoms with Crippen LogP contribution in [0.15, 0.2) is 18.2 Å². The molecule has 122 valence electrons. The number of rotatable bonds is 4. The Morgan fingerprint density at radius 1 is 1.50 bits per heavy atom. The Labute approximate surface area is 136 Å². The second-order valence-electron chi connectivity index (χ2n) is 5.60. The van der Waals surface area contributed by atoms with E-state index >= 15 is 0 Å². The maximum absolute atomic E-state index is 12.6. The molecule has 7 heteroatoms. The average molecular weight is 328 g/mol. The van der Waals surface area contributed by atoms with Gasteiger partial charge >= 0.3 is 0 Å². The van der Waals surface area contributed by atoms with Crippen LogP contribution in [0.1, 0.15) is 36.2 Å². The Bertz CT molecular complexity index is 565. The molecule has 2 atom stereocenters. The first-order chi connectivity index (χ1) is 9.97. The lowest BCUT2D eigenvalue weighted by molar-refractivity contribution is -0.385. The number of hydrogen-bond donors (Lipinski definition) is 1. The fraction of sp³-hybridized carbons (Fsp3) is 0.533. The average Bonchev–Trinajstić information content (AvgIpc) is 2.86. The minimum absolute atomic E-state index is 0. The third-order valence-corrected chi connectivity index (χ3v) is 4.17. The summed E-state index contributed by atoms with van der Waals surface area (Å²) in [6, 6.07) is 4.86. The molecule has 6 nitrogen and oxygen atoms in total. The van der Waals surface area contributed by atoms with Crippen LogP contribution in [-0.4, -0.2) is 34.9 Å². The summed E-state index contributed by atoms with van der Waals surface area (Å²) in [6.45, 7) is 5.03. The minimum atomic E-state index is -0.425. The highest BCUT2D eigenvalue weighted by Gasteiger charge is 2.32. The molecule has 0 aromatic heterocycles. The Morgan fingerprint density at radius 2 is 2.18 bits per heavy atom. The standard InChI is InChI=1S/C15H21N3O3.ClH/c1-3-12-4-5-13(7-14(12)18(20)21)15(19)17-9-11(8-16)6-10(17)2;/h4-5,7,10-11H,3,6,8-9,16H2,1-2H3;1H. The second-order valence-corrected chi connectivity index (χ2v) is 5.60. The summed E-state index contributed by atoms with van der Waals surface area (Å²) in [5.41, 5.74) is 6.71. The van der Waals surface area contributed by atoms with Gasteiger partial charge in [-0.25, -0.2) is 0 Å². The van der Waals surface area contributed by atoms with Gasteiger partial charge in [-0.2, -0.15) is 0 Å². The van der Waals surface area contributed by atoms with Crippen LogP contribution in [0.3, 0.4) is 0 Å². The van der Waals surface area contributed by atoms with Gasteiger partial charge < -0.3 is 10.6 Å². The summed E-state index contributed by atoms with van der Waals surface area (Å²) in [5.74, 6) is 0.165. The maximum atomic E-state index is 12.6. The van der Waals surface area contributed by atoms with Crippen LogP contribution in [0.5, 0.6) is 0 Å². The number of aryl methyl sites for hydroxylation is 1. The SMILES string of the molecule is CCc1ccc(C(=O)N2CC(CN)CC2C)cc1[N+](=O)[O-].Cl. The summed E-state index contributed by atoms with van der Waals surface area (Å²) in [5, 5.41) is 11.1. The molecule has 1 saturated heterocycles. The summed E-state index contributed by atoms with van der Waals surface area (Å²) >= 11 is 0. The van der Waals surface area contributed by atoms with E-state index in [4.69, 9.17) is 5.73 Å². The first-order valence-corrected chi connectivity index (χ1v) is 7.26. The van der Waals surface area contributed by atoms with Gasteiger partial charge in [0.05, 0.1) is 4.92 Å². The third kappa shape index (κ3) is 3.56. The first kappa shape index (κ1) is 18.4. The first-order valence-electron chi connectivity index (χ1n) is 7.26. The number of hydrogen-bond acceptors (Lipinski definition) is 4. The predicted molar refractivity (Wildman–Crippen MR) is 87.4 cm³/mol. The molecular formula is C15H22ClN3O3. The topological polar surface area (TPSA) is 89.5 Å². The highest BCUT2D eigenvalue weighted by atomic mass is 35.5. The van der Waals surface area contributed by atoms with Crippen molar-refractivity contribution in [2.24, 2.45) is 11.7 Å². The summed E-state index contributed by atoms with van der Waals surface area (Å²) in [6.07, 6.45) is 1.46. The Balaban J connectivity index is 0.00000242. The van der Waals surface area contributed by atoms with E-state index in [1.165, 1.54) is 6.07 Å². The largest absolute Gasteiger partial charge is 0.336 e. The van der Waals surface area contributed by atoms with Crippen LogP contribution in [-0.2, 0) is 6.42 Å². The maximum Gasteiger partial charge on any atom is 0.273 e. The molecule has 1 fully saturated rings. The number of nitrogens with zero attached hydrogens (tertiary/aromatic N) is 2. The van der Waals surface area contributed by atoms with Gasteiger partial charge in [-0.3, -0.25) is 14.9 Å². The molecule has 2 rings (SSSR count). The summed E-state index contributed by atoms with van der Waals surface area (Å²) in [7, 11) is 0. The van der Waals surface area contributed by atoms with E-state index in [1.807, 2.05) is 13.8 Å². The van der Waals surface area contributed by atoms with E-state index in [0.717, 1.165) is 6.42 Å². The number of nitro groups is 1. The lowest BCUT2D eigenvalue weighted by Crippen LogP contribution is -2.34. The molecule has 2 N–H and O–H groups in total. The fourth-order valence-electron chi connectivity index (χ4n) is 2.93. The van der Waals surface area contributed by atoms with E-state index in [0.29, 0.717) is 36.6 Å². The molecule has 2 unspecified atom stereocenters. The molecule has 0 spiro atoms. The molecule has 0 aliphatic carbocycles. The van der Waals surface area contributed by atoms with Crippen molar-refractivity contribution in [2.45, 2.75) is 32.7 Å². The van der Waals surface area contributed by atoms with E-state index in [9.17, 15) is 14.9 Å². The number of carbonyl (C=O) groups excluding carboxylic acids is 1. The van der Waals surface area contributed by atoms with Gasteiger partial charge in [0, 0.05) is 29.8 Å². The van der Waals surface area contributed by atoms with Gasteiger partial charge in [0.25, 0.3) is 11.6 Å². The number of nitro benzene ring substituents is 1. The van der Waals surface area contributed by atoms with E-state index in [1.54, 1.807) is 17.0 Å². The highest BCUT2D eigenvalue weighted by molar-refractivity contribution is 5.95. The predicted octanol–water partition coefficient (Wildman–Crippen LogP) is 2.39.